The van der Waals surface area contributed by atoms with Crippen LogP contribution in [0.25, 0.3) is 0 Å². The smallest absolute Gasteiger partial charge is 0.251 e. The molecule has 3 atom stereocenters. The van der Waals surface area contributed by atoms with Crippen LogP contribution in [0.1, 0.15) is 27.2 Å². The standard InChI is InChI=1S/C19H28FN3O4S/c1-19(2,3)27-23-9-8-16(17(23)24)18(28(25)26)22-12-10-21(11-13-22)15-6-4-14(20)5-7-15/h4-7,16,18H,8-13H2,1-3H3,(H,25,26). The molecule has 2 saturated heterocycles. The van der Waals surface area contributed by atoms with E-state index in [0.29, 0.717) is 39.1 Å². The Bertz CT molecular complexity index is 717. The number of hydroxylamine groups is 2. The van der Waals surface area contributed by atoms with Crippen molar-refractivity contribution in [1.29, 1.82) is 0 Å². The Morgan fingerprint density at radius 3 is 2.29 bits per heavy atom. The fourth-order valence-corrected chi connectivity index (χ4v) is 4.77. The molecular weight excluding hydrogens is 385 g/mol. The third-order valence-corrected chi connectivity index (χ3v) is 6.05. The van der Waals surface area contributed by atoms with E-state index >= 15 is 0 Å². The highest BCUT2D eigenvalue weighted by Gasteiger charge is 2.45. The van der Waals surface area contributed by atoms with E-state index in [1.54, 1.807) is 12.1 Å². The minimum Gasteiger partial charge on any atom is -0.369 e. The van der Waals surface area contributed by atoms with E-state index in [1.165, 1.54) is 17.2 Å². The summed E-state index contributed by atoms with van der Waals surface area (Å²) in [6.07, 6.45) is 0.490. The van der Waals surface area contributed by atoms with Gasteiger partial charge >= 0.3 is 0 Å². The molecule has 1 aromatic rings. The molecular formula is C19H28FN3O4S. The summed E-state index contributed by atoms with van der Waals surface area (Å²) < 4.78 is 35.2. The summed E-state index contributed by atoms with van der Waals surface area (Å²) in [4.78, 5) is 22.5. The van der Waals surface area contributed by atoms with Crippen LogP contribution in [0.15, 0.2) is 24.3 Å². The number of hydrogen-bond donors (Lipinski definition) is 1. The monoisotopic (exact) mass is 413 g/mol. The lowest BCUT2D eigenvalue weighted by Gasteiger charge is -2.40. The molecule has 1 aromatic carbocycles. The Hall–Kier alpha value is -1.55. The molecule has 0 aliphatic carbocycles. The topological polar surface area (TPSA) is 73.3 Å². The van der Waals surface area contributed by atoms with E-state index in [0.717, 1.165) is 5.69 Å². The molecule has 0 bridgehead atoms. The quantitative estimate of drug-likeness (QED) is 0.745. The molecule has 0 spiro atoms. The second-order valence-corrected chi connectivity index (χ2v) is 9.24. The van der Waals surface area contributed by atoms with Crippen molar-refractivity contribution in [3.05, 3.63) is 30.1 Å². The summed E-state index contributed by atoms with van der Waals surface area (Å²) in [5.74, 6) is -1.08. The third-order valence-electron chi connectivity index (χ3n) is 5.01. The molecule has 2 heterocycles. The first-order valence-corrected chi connectivity index (χ1v) is 10.7. The highest BCUT2D eigenvalue weighted by atomic mass is 32.2. The van der Waals surface area contributed by atoms with Crippen molar-refractivity contribution >= 4 is 22.7 Å². The number of amides is 1. The fraction of sp³-hybridized carbons (Fsp3) is 0.632. The molecule has 1 N–H and O–H groups in total. The normalized spacial score (nSPS) is 23.9. The van der Waals surface area contributed by atoms with Crippen molar-refractivity contribution in [2.45, 2.75) is 38.2 Å². The first kappa shape index (κ1) is 21.2. The molecule has 156 valence electrons. The number of rotatable bonds is 5. The largest absolute Gasteiger partial charge is 0.369 e. The van der Waals surface area contributed by atoms with Gasteiger partial charge in [-0.25, -0.2) is 13.7 Å². The van der Waals surface area contributed by atoms with Crippen LogP contribution >= 0.6 is 0 Å². The number of hydrogen-bond acceptors (Lipinski definition) is 5. The van der Waals surface area contributed by atoms with Crippen LogP contribution in [0.3, 0.4) is 0 Å². The average Bonchev–Trinajstić information content (AvgIpc) is 2.95. The van der Waals surface area contributed by atoms with Crippen molar-refractivity contribution < 1.29 is 22.8 Å². The number of carbonyl (C=O) groups excluding carboxylic acids is 1. The van der Waals surface area contributed by atoms with Crippen LogP contribution in [0.2, 0.25) is 0 Å². The van der Waals surface area contributed by atoms with Gasteiger partial charge in [0.1, 0.15) is 11.2 Å². The second kappa shape index (κ2) is 8.44. The Morgan fingerprint density at radius 1 is 1.14 bits per heavy atom. The van der Waals surface area contributed by atoms with Gasteiger partial charge in [-0.05, 0) is 51.5 Å². The number of carbonyl (C=O) groups is 1. The zero-order chi connectivity index (χ0) is 20.5. The van der Waals surface area contributed by atoms with E-state index in [2.05, 4.69) is 4.90 Å². The van der Waals surface area contributed by atoms with E-state index in [9.17, 15) is 17.9 Å². The van der Waals surface area contributed by atoms with Crippen molar-refractivity contribution in [3.63, 3.8) is 0 Å². The molecule has 0 saturated carbocycles. The van der Waals surface area contributed by atoms with Crippen LogP contribution < -0.4 is 4.90 Å². The number of anilines is 1. The van der Waals surface area contributed by atoms with Gasteiger partial charge in [-0.3, -0.25) is 14.5 Å². The summed E-state index contributed by atoms with van der Waals surface area (Å²) in [6, 6.07) is 6.31. The summed E-state index contributed by atoms with van der Waals surface area (Å²) in [6.45, 7) is 8.41. The lowest BCUT2D eigenvalue weighted by atomic mass is 10.1. The van der Waals surface area contributed by atoms with Gasteiger partial charge in [0.05, 0.1) is 11.5 Å². The minimum atomic E-state index is -2.15. The minimum absolute atomic E-state index is 0.233. The Labute approximate surface area is 167 Å². The molecule has 2 aliphatic heterocycles. The Balaban J connectivity index is 1.65. The number of piperazine rings is 1. The molecule has 3 rings (SSSR count). The number of halogens is 1. The van der Waals surface area contributed by atoms with Crippen LogP contribution in [-0.2, 0) is 20.7 Å². The van der Waals surface area contributed by atoms with E-state index in [4.69, 9.17) is 4.84 Å². The van der Waals surface area contributed by atoms with Gasteiger partial charge in [0.25, 0.3) is 5.91 Å². The lowest BCUT2D eigenvalue weighted by molar-refractivity contribution is -0.219. The van der Waals surface area contributed by atoms with Gasteiger partial charge in [-0.1, -0.05) is 0 Å². The zero-order valence-corrected chi connectivity index (χ0v) is 17.3. The van der Waals surface area contributed by atoms with Crippen molar-refractivity contribution in [2.24, 2.45) is 5.92 Å². The summed E-state index contributed by atoms with van der Waals surface area (Å²) in [5.41, 5.74) is 0.420. The average molecular weight is 414 g/mol. The van der Waals surface area contributed by atoms with Gasteiger partial charge in [0, 0.05) is 38.4 Å². The Kier molecular flexibility index (Phi) is 6.38. The summed E-state index contributed by atoms with van der Waals surface area (Å²) in [5, 5.41) is 0.579. The molecule has 2 fully saturated rings. The van der Waals surface area contributed by atoms with Crippen molar-refractivity contribution in [3.8, 4) is 0 Å². The first-order chi connectivity index (χ1) is 13.2. The number of benzene rings is 1. The van der Waals surface area contributed by atoms with E-state index < -0.39 is 28.0 Å². The molecule has 3 unspecified atom stereocenters. The van der Waals surface area contributed by atoms with Crippen LogP contribution in [-0.4, -0.2) is 68.3 Å². The number of nitrogens with zero attached hydrogens (tertiary/aromatic N) is 3. The van der Waals surface area contributed by atoms with Crippen LogP contribution in [0.4, 0.5) is 10.1 Å². The first-order valence-electron chi connectivity index (χ1n) is 9.50. The van der Waals surface area contributed by atoms with Gasteiger partial charge in [-0.15, -0.1) is 0 Å². The van der Waals surface area contributed by atoms with Gasteiger partial charge < -0.3 is 9.45 Å². The van der Waals surface area contributed by atoms with Gasteiger partial charge in [0.2, 0.25) is 0 Å². The van der Waals surface area contributed by atoms with Crippen molar-refractivity contribution in [1.82, 2.24) is 9.96 Å². The van der Waals surface area contributed by atoms with Gasteiger partial charge in [-0.2, -0.15) is 0 Å². The fourth-order valence-electron chi connectivity index (χ4n) is 3.77. The summed E-state index contributed by atoms with van der Waals surface area (Å²) >= 11 is -2.15. The molecule has 0 aromatic heterocycles. The molecule has 1 amide bonds. The highest BCUT2D eigenvalue weighted by molar-refractivity contribution is 7.79. The SMILES string of the molecule is CC(C)(C)ON1CCC(C(N2CCN(c3ccc(F)cc3)CC2)S(=O)O)C1=O. The zero-order valence-electron chi connectivity index (χ0n) is 16.5. The second-order valence-electron chi connectivity index (χ2n) is 8.21. The maximum Gasteiger partial charge on any atom is 0.251 e. The maximum atomic E-state index is 13.1. The van der Waals surface area contributed by atoms with E-state index in [1.807, 2.05) is 25.7 Å². The highest BCUT2D eigenvalue weighted by Crippen LogP contribution is 2.30. The molecule has 9 heteroatoms. The van der Waals surface area contributed by atoms with Crippen molar-refractivity contribution in [2.75, 3.05) is 37.6 Å². The third kappa shape index (κ3) is 4.89. The molecule has 28 heavy (non-hydrogen) atoms. The molecule has 0 radical (unpaired) electrons. The molecule has 7 nitrogen and oxygen atoms in total. The van der Waals surface area contributed by atoms with Crippen LogP contribution in [0.5, 0.6) is 0 Å². The lowest BCUT2D eigenvalue weighted by Crippen LogP contribution is -2.55. The van der Waals surface area contributed by atoms with Gasteiger partial charge in [0.15, 0.2) is 11.1 Å². The van der Waals surface area contributed by atoms with E-state index in [-0.39, 0.29) is 11.7 Å². The predicted octanol–water partition coefficient (Wildman–Crippen LogP) is 2.07. The Morgan fingerprint density at radius 2 is 1.75 bits per heavy atom. The maximum absolute atomic E-state index is 13.1. The van der Waals surface area contributed by atoms with Crippen LogP contribution in [0, 0.1) is 11.7 Å². The molecule has 2 aliphatic rings. The predicted molar refractivity (Wildman–Crippen MR) is 105 cm³/mol. The summed E-state index contributed by atoms with van der Waals surface area (Å²) in [7, 11) is 0.